The first-order chi connectivity index (χ1) is 10.4. The number of aliphatic carboxylic acids is 1. The third-order valence-corrected chi connectivity index (χ3v) is 4.13. The Labute approximate surface area is 129 Å². The van der Waals surface area contributed by atoms with Gasteiger partial charge in [0.1, 0.15) is 17.0 Å². The van der Waals surface area contributed by atoms with Gasteiger partial charge in [0.05, 0.1) is 7.11 Å². The molecule has 1 saturated heterocycles. The van der Waals surface area contributed by atoms with Gasteiger partial charge in [-0.25, -0.2) is 4.79 Å². The summed E-state index contributed by atoms with van der Waals surface area (Å²) >= 11 is 0. The lowest BCUT2D eigenvalue weighted by Crippen LogP contribution is -2.52. The van der Waals surface area contributed by atoms with Gasteiger partial charge in [-0.3, -0.25) is 4.79 Å². The summed E-state index contributed by atoms with van der Waals surface area (Å²) in [5, 5.41) is 9.32. The maximum absolute atomic E-state index is 12.3. The summed E-state index contributed by atoms with van der Waals surface area (Å²) in [6.07, 6.45) is 1.16. The summed E-state index contributed by atoms with van der Waals surface area (Å²) in [6, 6.07) is 5.28. The average Bonchev–Trinajstić information content (AvgIpc) is 2.88. The molecule has 1 amide bonds. The average molecular weight is 307 g/mol. The number of methoxy groups -OCH3 is 1. The van der Waals surface area contributed by atoms with Gasteiger partial charge in [0, 0.05) is 6.54 Å². The highest BCUT2D eigenvalue weighted by Crippen LogP contribution is 2.29. The second kappa shape index (κ2) is 6.25. The fourth-order valence-electron chi connectivity index (χ4n) is 2.75. The molecule has 1 aliphatic heterocycles. The number of benzene rings is 1. The van der Waals surface area contributed by atoms with Crippen molar-refractivity contribution in [2.45, 2.75) is 32.2 Å². The molecule has 1 N–H and O–H groups in total. The molecule has 1 aliphatic rings. The molecule has 1 aromatic rings. The van der Waals surface area contributed by atoms with Gasteiger partial charge in [-0.2, -0.15) is 0 Å². The number of amides is 1. The van der Waals surface area contributed by atoms with E-state index in [-0.39, 0.29) is 12.5 Å². The fourth-order valence-corrected chi connectivity index (χ4v) is 2.75. The van der Waals surface area contributed by atoms with Gasteiger partial charge in [-0.15, -0.1) is 0 Å². The van der Waals surface area contributed by atoms with E-state index in [1.54, 1.807) is 32.2 Å². The SMILES string of the molecule is COc1ccc(OCC(=O)N2CCCC2(C)C(=O)O)cc1C. The Morgan fingerprint density at radius 1 is 1.41 bits per heavy atom. The molecule has 22 heavy (non-hydrogen) atoms. The molecule has 120 valence electrons. The normalized spacial score (nSPS) is 20.8. The van der Waals surface area contributed by atoms with Crippen molar-refractivity contribution in [2.24, 2.45) is 0 Å². The lowest BCUT2D eigenvalue weighted by atomic mass is 9.99. The summed E-state index contributed by atoms with van der Waals surface area (Å²) in [5.41, 5.74) is -0.222. The molecule has 0 radical (unpaired) electrons. The van der Waals surface area contributed by atoms with Crippen molar-refractivity contribution in [3.8, 4) is 11.5 Å². The lowest BCUT2D eigenvalue weighted by molar-refractivity contribution is -0.156. The molecule has 0 spiro atoms. The number of nitrogens with zero attached hydrogens (tertiary/aromatic N) is 1. The highest BCUT2D eigenvalue weighted by atomic mass is 16.5. The van der Waals surface area contributed by atoms with Gasteiger partial charge < -0.3 is 19.5 Å². The quantitative estimate of drug-likeness (QED) is 0.898. The summed E-state index contributed by atoms with van der Waals surface area (Å²) in [7, 11) is 1.59. The molecule has 1 aromatic carbocycles. The number of hydrogen-bond donors (Lipinski definition) is 1. The minimum atomic E-state index is -1.13. The van der Waals surface area contributed by atoms with Gasteiger partial charge >= 0.3 is 5.97 Å². The van der Waals surface area contributed by atoms with Crippen LogP contribution in [0.15, 0.2) is 18.2 Å². The molecule has 2 rings (SSSR count). The molecule has 0 aromatic heterocycles. The van der Waals surface area contributed by atoms with Crippen LogP contribution in [0, 0.1) is 6.92 Å². The van der Waals surface area contributed by atoms with Crippen molar-refractivity contribution in [2.75, 3.05) is 20.3 Å². The van der Waals surface area contributed by atoms with Crippen molar-refractivity contribution >= 4 is 11.9 Å². The number of rotatable bonds is 5. The second-order valence-electron chi connectivity index (χ2n) is 5.65. The van der Waals surface area contributed by atoms with Crippen molar-refractivity contribution in [3.05, 3.63) is 23.8 Å². The van der Waals surface area contributed by atoms with Crippen LogP contribution in [0.5, 0.6) is 11.5 Å². The predicted molar refractivity (Wildman–Crippen MR) is 80.2 cm³/mol. The van der Waals surface area contributed by atoms with E-state index in [0.29, 0.717) is 25.1 Å². The van der Waals surface area contributed by atoms with Crippen molar-refractivity contribution in [3.63, 3.8) is 0 Å². The van der Waals surface area contributed by atoms with Crippen LogP contribution in [-0.4, -0.2) is 47.7 Å². The minimum absolute atomic E-state index is 0.172. The van der Waals surface area contributed by atoms with Gasteiger partial charge in [0.2, 0.25) is 0 Å². The molecule has 0 aliphatic carbocycles. The van der Waals surface area contributed by atoms with Crippen LogP contribution in [0.25, 0.3) is 0 Å². The summed E-state index contributed by atoms with van der Waals surface area (Å²) < 4.78 is 10.7. The van der Waals surface area contributed by atoms with Gasteiger partial charge in [0.25, 0.3) is 5.91 Å². The van der Waals surface area contributed by atoms with E-state index >= 15 is 0 Å². The second-order valence-corrected chi connectivity index (χ2v) is 5.65. The third-order valence-electron chi connectivity index (χ3n) is 4.13. The van der Waals surface area contributed by atoms with Crippen molar-refractivity contribution < 1.29 is 24.2 Å². The number of carbonyl (C=O) groups is 2. The van der Waals surface area contributed by atoms with E-state index in [1.165, 1.54) is 4.90 Å². The highest BCUT2D eigenvalue weighted by molar-refractivity contribution is 5.88. The zero-order valence-corrected chi connectivity index (χ0v) is 13.1. The third kappa shape index (κ3) is 3.00. The largest absolute Gasteiger partial charge is 0.496 e. The van der Waals surface area contributed by atoms with E-state index < -0.39 is 11.5 Å². The van der Waals surface area contributed by atoms with E-state index in [0.717, 1.165) is 11.3 Å². The number of hydrogen-bond acceptors (Lipinski definition) is 4. The first-order valence-corrected chi connectivity index (χ1v) is 7.20. The minimum Gasteiger partial charge on any atom is -0.496 e. The van der Waals surface area contributed by atoms with Gasteiger partial charge in [-0.05, 0) is 50.5 Å². The number of carboxylic acid groups (broad SMARTS) is 1. The zero-order chi connectivity index (χ0) is 16.3. The van der Waals surface area contributed by atoms with Crippen molar-refractivity contribution in [1.29, 1.82) is 0 Å². The van der Waals surface area contributed by atoms with Crippen LogP contribution in [-0.2, 0) is 9.59 Å². The van der Waals surface area contributed by atoms with E-state index in [4.69, 9.17) is 9.47 Å². The van der Waals surface area contributed by atoms with Crippen molar-refractivity contribution in [1.82, 2.24) is 4.90 Å². The smallest absolute Gasteiger partial charge is 0.329 e. The molecule has 1 fully saturated rings. The molecule has 0 bridgehead atoms. The summed E-state index contributed by atoms with van der Waals surface area (Å²) in [5.74, 6) is 0.0223. The standard InChI is InChI=1S/C16H21NO5/c1-11-9-12(5-6-13(11)21-3)22-10-14(18)17-8-4-7-16(17,2)15(19)20/h5-6,9H,4,7-8,10H2,1-3H3,(H,19,20). The highest BCUT2D eigenvalue weighted by Gasteiger charge is 2.45. The first-order valence-electron chi connectivity index (χ1n) is 7.20. The molecular formula is C16H21NO5. The molecule has 6 heteroatoms. The Kier molecular flexibility index (Phi) is 4.59. The van der Waals surface area contributed by atoms with E-state index in [1.807, 2.05) is 6.92 Å². The van der Waals surface area contributed by atoms with Gasteiger partial charge in [0.15, 0.2) is 6.61 Å². The molecule has 1 atom stereocenters. The Morgan fingerprint density at radius 3 is 2.73 bits per heavy atom. The topological polar surface area (TPSA) is 76.1 Å². The molecule has 1 heterocycles. The molecule has 1 unspecified atom stereocenters. The number of likely N-dealkylation sites (tertiary alicyclic amines) is 1. The Bertz CT molecular complexity index is 586. The Hall–Kier alpha value is -2.24. The lowest BCUT2D eigenvalue weighted by Gasteiger charge is -2.31. The van der Waals surface area contributed by atoms with Gasteiger partial charge in [-0.1, -0.05) is 0 Å². The Morgan fingerprint density at radius 2 is 2.14 bits per heavy atom. The number of carboxylic acids is 1. The summed E-state index contributed by atoms with van der Waals surface area (Å²) in [6.45, 7) is 3.74. The van der Waals surface area contributed by atoms with Crippen LogP contribution in [0.3, 0.4) is 0 Å². The maximum atomic E-state index is 12.3. The van der Waals surface area contributed by atoms with Crippen LogP contribution in [0.2, 0.25) is 0 Å². The predicted octanol–water partition coefficient (Wildman–Crippen LogP) is 1.85. The fraction of sp³-hybridized carbons (Fsp3) is 0.500. The maximum Gasteiger partial charge on any atom is 0.329 e. The summed E-state index contributed by atoms with van der Waals surface area (Å²) in [4.78, 5) is 25.0. The van der Waals surface area contributed by atoms with Crippen LogP contribution >= 0.6 is 0 Å². The first kappa shape index (κ1) is 16.1. The number of aryl methyl sites for hydroxylation is 1. The van der Waals surface area contributed by atoms with E-state index in [2.05, 4.69) is 0 Å². The van der Waals surface area contributed by atoms with Crippen LogP contribution in [0.1, 0.15) is 25.3 Å². The number of carbonyl (C=O) groups excluding carboxylic acids is 1. The Balaban J connectivity index is 2.01. The zero-order valence-electron chi connectivity index (χ0n) is 13.1. The van der Waals surface area contributed by atoms with Crippen LogP contribution < -0.4 is 9.47 Å². The molecule has 0 saturated carbocycles. The van der Waals surface area contributed by atoms with E-state index in [9.17, 15) is 14.7 Å². The monoisotopic (exact) mass is 307 g/mol. The molecule has 6 nitrogen and oxygen atoms in total. The number of ether oxygens (including phenoxy) is 2. The molecular weight excluding hydrogens is 286 g/mol. The van der Waals surface area contributed by atoms with Crippen LogP contribution in [0.4, 0.5) is 0 Å².